The Bertz CT molecular complexity index is 671. The molecule has 3 rings (SSSR count). The molecule has 8 heteroatoms. The van der Waals surface area contributed by atoms with E-state index >= 15 is 0 Å². The quantitative estimate of drug-likeness (QED) is 0.888. The number of rotatable bonds is 3. The number of halogens is 3. The van der Waals surface area contributed by atoms with Gasteiger partial charge in [-0.3, -0.25) is 9.59 Å². The smallest absolute Gasteiger partial charge is 0.378 e. The van der Waals surface area contributed by atoms with E-state index in [1.54, 1.807) is 4.90 Å². The molecule has 0 spiro atoms. The summed E-state index contributed by atoms with van der Waals surface area (Å²) in [6, 6.07) is 3.94. The second-order valence-corrected chi connectivity index (χ2v) is 6.80. The maximum atomic E-state index is 12.6. The van der Waals surface area contributed by atoms with Gasteiger partial charge in [0.1, 0.15) is 0 Å². The summed E-state index contributed by atoms with van der Waals surface area (Å²) >= 11 is 0. The molecule has 1 N–H and O–H groups in total. The number of carbonyl (C=O) groups excluding carboxylic acids is 2. The highest BCUT2D eigenvalue weighted by Gasteiger charge is 2.35. The van der Waals surface area contributed by atoms with Gasteiger partial charge in [-0.05, 0) is 37.0 Å². The van der Waals surface area contributed by atoms with Crippen molar-refractivity contribution in [2.24, 2.45) is 5.92 Å². The third kappa shape index (κ3) is 4.17. The average Bonchev–Trinajstić information content (AvgIpc) is 3.45. The van der Waals surface area contributed by atoms with Crippen molar-refractivity contribution in [1.82, 2.24) is 9.80 Å². The Kier molecular flexibility index (Phi) is 5.22. The molecule has 0 aromatic heterocycles. The van der Waals surface area contributed by atoms with Gasteiger partial charge in [0.05, 0.1) is 5.56 Å². The molecule has 1 unspecified atom stereocenters. The van der Waals surface area contributed by atoms with Gasteiger partial charge in [0.25, 0.3) is 5.91 Å². The van der Waals surface area contributed by atoms with Crippen molar-refractivity contribution in [2.45, 2.75) is 31.5 Å². The SMILES string of the molecule is O=C(C1CC1)N1CCCN(C(=O)C(O)c2ccc(C(F)(F)F)cc2)CC1. The van der Waals surface area contributed by atoms with Gasteiger partial charge < -0.3 is 14.9 Å². The molecule has 1 saturated heterocycles. The van der Waals surface area contributed by atoms with Gasteiger partial charge in [0, 0.05) is 32.1 Å². The molecule has 1 atom stereocenters. The minimum absolute atomic E-state index is 0.120. The van der Waals surface area contributed by atoms with E-state index in [2.05, 4.69) is 0 Å². The first-order valence-corrected chi connectivity index (χ1v) is 8.70. The van der Waals surface area contributed by atoms with E-state index in [1.807, 2.05) is 0 Å². The number of carbonyl (C=O) groups is 2. The van der Waals surface area contributed by atoms with Gasteiger partial charge in [0.15, 0.2) is 6.10 Å². The predicted molar refractivity (Wildman–Crippen MR) is 86.9 cm³/mol. The van der Waals surface area contributed by atoms with E-state index in [1.165, 1.54) is 4.90 Å². The molecule has 1 aromatic carbocycles. The number of benzene rings is 1. The highest BCUT2D eigenvalue weighted by atomic mass is 19.4. The normalized spacial score (nSPS) is 19.8. The Labute approximate surface area is 149 Å². The average molecular weight is 370 g/mol. The maximum Gasteiger partial charge on any atom is 0.416 e. The molecule has 0 bridgehead atoms. The zero-order valence-corrected chi connectivity index (χ0v) is 14.2. The lowest BCUT2D eigenvalue weighted by Gasteiger charge is -2.24. The van der Waals surface area contributed by atoms with Crippen LogP contribution in [0.5, 0.6) is 0 Å². The van der Waals surface area contributed by atoms with E-state index in [-0.39, 0.29) is 17.4 Å². The fourth-order valence-corrected chi connectivity index (χ4v) is 3.12. The summed E-state index contributed by atoms with van der Waals surface area (Å²) < 4.78 is 37.8. The largest absolute Gasteiger partial charge is 0.416 e. The van der Waals surface area contributed by atoms with Crippen LogP contribution in [0.2, 0.25) is 0 Å². The summed E-state index contributed by atoms with van der Waals surface area (Å²) in [5.41, 5.74) is -0.705. The molecule has 1 heterocycles. The summed E-state index contributed by atoms with van der Waals surface area (Å²) in [4.78, 5) is 27.9. The van der Waals surface area contributed by atoms with Crippen LogP contribution in [0.1, 0.15) is 36.5 Å². The third-order valence-corrected chi connectivity index (χ3v) is 4.83. The van der Waals surface area contributed by atoms with Gasteiger partial charge in [0.2, 0.25) is 5.91 Å². The van der Waals surface area contributed by atoms with Crippen LogP contribution >= 0.6 is 0 Å². The number of aliphatic hydroxyl groups excluding tert-OH is 1. The van der Waals surface area contributed by atoms with E-state index in [0.717, 1.165) is 37.1 Å². The number of alkyl halides is 3. The molecule has 2 fully saturated rings. The monoisotopic (exact) mass is 370 g/mol. The molecule has 142 valence electrons. The van der Waals surface area contributed by atoms with Gasteiger partial charge >= 0.3 is 6.18 Å². The van der Waals surface area contributed by atoms with Gasteiger partial charge in [-0.2, -0.15) is 13.2 Å². The van der Waals surface area contributed by atoms with Crippen LogP contribution in [-0.4, -0.2) is 52.9 Å². The highest BCUT2D eigenvalue weighted by Crippen LogP contribution is 2.32. The van der Waals surface area contributed by atoms with Crippen LogP contribution in [0, 0.1) is 5.92 Å². The Morgan fingerprint density at radius 1 is 1.00 bits per heavy atom. The summed E-state index contributed by atoms with van der Waals surface area (Å²) in [6.07, 6.45) is -3.52. The summed E-state index contributed by atoms with van der Waals surface area (Å²) in [5.74, 6) is -0.303. The summed E-state index contributed by atoms with van der Waals surface area (Å²) in [7, 11) is 0. The lowest BCUT2D eigenvalue weighted by atomic mass is 10.1. The van der Waals surface area contributed by atoms with E-state index < -0.39 is 23.8 Å². The number of amides is 2. The summed E-state index contributed by atoms with van der Waals surface area (Å²) in [5, 5.41) is 10.2. The fraction of sp³-hybridized carbons (Fsp3) is 0.556. The van der Waals surface area contributed by atoms with E-state index in [0.29, 0.717) is 32.6 Å². The molecule has 1 aliphatic carbocycles. The van der Waals surface area contributed by atoms with Crippen LogP contribution in [0.25, 0.3) is 0 Å². The maximum absolute atomic E-state index is 12.6. The van der Waals surface area contributed by atoms with Crippen LogP contribution in [0.15, 0.2) is 24.3 Å². The van der Waals surface area contributed by atoms with Crippen LogP contribution in [-0.2, 0) is 15.8 Å². The molecule has 2 amide bonds. The molecule has 0 radical (unpaired) electrons. The summed E-state index contributed by atoms with van der Waals surface area (Å²) in [6.45, 7) is 1.72. The predicted octanol–water partition coefficient (Wildman–Crippen LogP) is 2.21. The molecule has 1 aliphatic heterocycles. The Morgan fingerprint density at radius 3 is 2.15 bits per heavy atom. The van der Waals surface area contributed by atoms with Crippen LogP contribution < -0.4 is 0 Å². The van der Waals surface area contributed by atoms with Gasteiger partial charge in [-0.25, -0.2) is 0 Å². The number of aliphatic hydroxyl groups is 1. The van der Waals surface area contributed by atoms with Crippen molar-refractivity contribution in [3.8, 4) is 0 Å². The number of hydrogen-bond donors (Lipinski definition) is 1. The standard InChI is InChI=1S/C18H21F3N2O3/c19-18(20,21)14-6-4-12(5-7-14)15(24)17(26)23-9-1-8-22(10-11-23)16(25)13-2-3-13/h4-7,13,15,24H,1-3,8-11H2. The molecule has 26 heavy (non-hydrogen) atoms. The van der Waals surface area contributed by atoms with Crippen LogP contribution in [0.3, 0.4) is 0 Å². The van der Waals surface area contributed by atoms with Crippen LogP contribution in [0.4, 0.5) is 13.2 Å². The second kappa shape index (κ2) is 7.26. The van der Waals surface area contributed by atoms with Crippen molar-refractivity contribution < 1.29 is 27.9 Å². The topological polar surface area (TPSA) is 60.9 Å². The fourth-order valence-electron chi connectivity index (χ4n) is 3.12. The minimum Gasteiger partial charge on any atom is -0.378 e. The first-order chi connectivity index (χ1) is 12.3. The van der Waals surface area contributed by atoms with Crippen molar-refractivity contribution in [3.63, 3.8) is 0 Å². The van der Waals surface area contributed by atoms with Crippen molar-refractivity contribution in [2.75, 3.05) is 26.2 Å². The zero-order chi connectivity index (χ0) is 18.9. The van der Waals surface area contributed by atoms with Gasteiger partial charge in [-0.1, -0.05) is 12.1 Å². The first-order valence-electron chi connectivity index (χ1n) is 8.70. The first kappa shape index (κ1) is 18.7. The van der Waals surface area contributed by atoms with Crippen molar-refractivity contribution in [1.29, 1.82) is 0 Å². The third-order valence-electron chi connectivity index (χ3n) is 4.83. The van der Waals surface area contributed by atoms with Gasteiger partial charge in [-0.15, -0.1) is 0 Å². The zero-order valence-electron chi connectivity index (χ0n) is 14.2. The molecule has 1 aromatic rings. The highest BCUT2D eigenvalue weighted by molar-refractivity contribution is 5.83. The van der Waals surface area contributed by atoms with E-state index in [4.69, 9.17) is 0 Å². The molecular formula is C18H21F3N2O3. The lowest BCUT2D eigenvalue weighted by molar-refractivity contribution is -0.141. The Morgan fingerprint density at radius 2 is 1.58 bits per heavy atom. The molecule has 5 nitrogen and oxygen atoms in total. The van der Waals surface area contributed by atoms with Crippen molar-refractivity contribution >= 4 is 11.8 Å². The Hall–Kier alpha value is -2.09. The number of nitrogens with zero attached hydrogens (tertiary/aromatic N) is 2. The molecular weight excluding hydrogens is 349 g/mol. The van der Waals surface area contributed by atoms with Crippen molar-refractivity contribution in [3.05, 3.63) is 35.4 Å². The molecule has 1 saturated carbocycles. The Balaban J connectivity index is 1.61. The lowest BCUT2D eigenvalue weighted by Crippen LogP contribution is -2.39. The molecule has 2 aliphatic rings. The van der Waals surface area contributed by atoms with E-state index in [9.17, 15) is 27.9 Å². The second-order valence-electron chi connectivity index (χ2n) is 6.80. The minimum atomic E-state index is -4.46. The number of hydrogen-bond acceptors (Lipinski definition) is 3.